The molecule has 0 bridgehead atoms. The lowest BCUT2D eigenvalue weighted by atomic mass is 10.0. The van der Waals surface area contributed by atoms with Gasteiger partial charge in [0.25, 0.3) is 0 Å². The van der Waals surface area contributed by atoms with E-state index in [9.17, 15) is 4.79 Å². The summed E-state index contributed by atoms with van der Waals surface area (Å²) in [7, 11) is 1.64. The number of rotatable bonds is 9. The molecule has 0 unspecified atom stereocenters. The van der Waals surface area contributed by atoms with E-state index in [0.717, 1.165) is 43.9 Å². The maximum Gasteiger partial charge on any atom is 0.231 e. The van der Waals surface area contributed by atoms with Crippen molar-refractivity contribution in [3.8, 4) is 17.2 Å². The molecule has 6 heteroatoms. The Morgan fingerprint density at radius 3 is 2.38 bits per heavy atom. The van der Waals surface area contributed by atoms with Crippen LogP contribution in [0.15, 0.2) is 52.8 Å². The Labute approximate surface area is 180 Å². The maximum absolute atomic E-state index is 13.2. The zero-order chi connectivity index (χ0) is 20.6. The van der Waals surface area contributed by atoms with E-state index in [1.807, 2.05) is 48.5 Å². The molecule has 1 heterocycles. The van der Waals surface area contributed by atoms with Crippen LogP contribution in [0.1, 0.15) is 25.0 Å². The first-order valence-electron chi connectivity index (χ1n) is 9.42. The molecule has 0 aliphatic carbocycles. The summed E-state index contributed by atoms with van der Waals surface area (Å²) in [5, 5.41) is 0. The van der Waals surface area contributed by atoms with Gasteiger partial charge in [-0.05, 0) is 53.0 Å². The van der Waals surface area contributed by atoms with E-state index in [0.29, 0.717) is 5.75 Å². The van der Waals surface area contributed by atoms with E-state index in [1.165, 1.54) is 0 Å². The molecule has 0 saturated heterocycles. The van der Waals surface area contributed by atoms with Gasteiger partial charge in [-0.2, -0.15) is 0 Å². The molecule has 2 aromatic carbocycles. The molecular formula is C23H24O4S2. The Balaban J connectivity index is 1.93. The summed E-state index contributed by atoms with van der Waals surface area (Å²) in [5.41, 5.74) is 2.51. The molecular weight excluding hydrogens is 404 g/mol. The van der Waals surface area contributed by atoms with Crippen LogP contribution in [0.2, 0.25) is 0 Å². The molecule has 4 nitrogen and oxygen atoms in total. The SMILES string of the molecule is CCSC(SCC)=C(C(=O)/C=C/c1ccc2c(c1)OCO2)c1ccc(OC)cc1. The second-order valence-electron chi connectivity index (χ2n) is 6.07. The van der Waals surface area contributed by atoms with E-state index in [1.54, 1.807) is 36.7 Å². The largest absolute Gasteiger partial charge is 0.497 e. The van der Waals surface area contributed by atoms with Crippen LogP contribution in [-0.2, 0) is 4.79 Å². The molecule has 152 valence electrons. The maximum atomic E-state index is 13.2. The number of carbonyl (C=O) groups excluding carboxylic acids is 1. The van der Waals surface area contributed by atoms with Crippen molar-refractivity contribution < 1.29 is 19.0 Å². The molecule has 0 aromatic heterocycles. The quantitative estimate of drug-likeness (QED) is 0.465. The fourth-order valence-electron chi connectivity index (χ4n) is 2.84. The fraction of sp³-hybridized carbons (Fsp3) is 0.261. The highest BCUT2D eigenvalue weighted by Crippen LogP contribution is 2.37. The van der Waals surface area contributed by atoms with Gasteiger partial charge in [0.1, 0.15) is 5.75 Å². The monoisotopic (exact) mass is 428 g/mol. The van der Waals surface area contributed by atoms with Crippen molar-refractivity contribution in [1.29, 1.82) is 0 Å². The number of allylic oxidation sites excluding steroid dienone is 2. The Morgan fingerprint density at radius 2 is 1.72 bits per heavy atom. The summed E-state index contributed by atoms with van der Waals surface area (Å²) < 4.78 is 17.1. The fourth-order valence-corrected chi connectivity index (χ4v) is 5.13. The van der Waals surface area contributed by atoms with E-state index in [-0.39, 0.29) is 12.6 Å². The molecule has 0 radical (unpaired) electrons. The number of carbonyl (C=O) groups is 1. The Morgan fingerprint density at radius 1 is 1.03 bits per heavy atom. The highest BCUT2D eigenvalue weighted by atomic mass is 32.2. The first kappa shape index (κ1) is 21.4. The van der Waals surface area contributed by atoms with Gasteiger partial charge in [0.15, 0.2) is 17.3 Å². The number of methoxy groups -OCH3 is 1. The standard InChI is InChI=1S/C23H24O4S2/c1-4-28-23(29-5-2)22(17-8-10-18(25-3)11-9-17)19(24)12-6-16-7-13-20-21(14-16)27-15-26-20/h6-14H,4-5,15H2,1-3H3/b12-6+. The Bertz CT molecular complexity index is 909. The lowest BCUT2D eigenvalue weighted by Gasteiger charge is -2.12. The van der Waals surface area contributed by atoms with Crippen LogP contribution >= 0.6 is 23.5 Å². The average molecular weight is 429 g/mol. The third-order valence-corrected chi connectivity index (χ3v) is 6.42. The second kappa shape index (κ2) is 10.5. The lowest BCUT2D eigenvalue weighted by Crippen LogP contribution is -2.01. The van der Waals surface area contributed by atoms with Crippen LogP contribution in [0.4, 0.5) is 0 Å². The smallest absolute Gasteiger partial charge is 0.231 e. The van der Waals surface area contributed by atoms with Crippen LogP contribution in [0.25, 0.3) is 11.6 Å². The van der Waals surface area contributed by atoms with E-state index < -0.39 is 0 Å². The molecule has 0 amide bonds. The van der Waals surface area contributed by atoms with E-state index in [2.05, 4.69) is 13.8 Å². The van der Waals surface area contributed by atoms with Gasteiger partial charge in [0.2, 0.25) is 6.79 Å². The van der Waals surface area contributed by atoms with E-state index in [4.69, 9.17) is 14.2 Å². The van der Waals surface area contributed by atoms with Gasteiger partial charge in [0, 0.05) is 5.57 Å². The predicted molar refractivity (Wildman–Crippen MR) is 123 cm³/mol. The highest BCUT2D eigenvalue weighted by molar-refractivity contribution is 8.22. The Kier molecular flexibility index (Phi) is 7.72. The van der Waals surface area contributed by atoms with Gasteiger partial charge < -0.3 is 14.2 Å². The molecule has 2 aromatic rings. The number of ether oxygens (including phenoxy) is 3. The van der Waals surface area contributed by atoms with Crippen molar-refractivity contribution in [2.75, 3.05) is 25.4 Å². The summed E-state index contributed by atoms with van der Waals surface area (Å²) in [5.74, 6) is 3.99. The molecule has 3 rings (SSSR count). The summed E-state index contributed by atoms with van der Waals surface area (Å²) in [6.45, 7) is 4.43. The normalized spacial score (nSPS) is 12.2. The summed E-state index contributed by atoms with van der Waals surface area (Å²) >= 11 is 3.40. The van der Waals surface area contributed by atoms with Crippen LogP contribution < -0.4 is 14.2 Å². The number of hydrogen-bond acceptors (Lipinski definition) is 6. The van der Waals surface area contributed by atoms with Crippen LogP contribution in [0.3, 0.4) is 0 Å². The lowest BCUT2D eigenvalue weighted by molar-refractivity contribution is -0.109. The molecule has 1 aliphatic rings. The molecule has 0 saturated carbocycles. The Hall–Kier alpha value is -2.31. The number of hydrogen-bond donors (Lipinski definition) is 0. The highest BCUT2D eigenvalue weighted by Gasteiger charge is 2.17. The van der Waals surface area contributed by atoms with Gasteiger partial charge in [-0.1, -0.05) is 38.1 Å². The second-order valence-corrected chi connectivity index (χ2v) is 8.87. The minimum absolute atomic E-state index is 0.0234. The van der Waals surface area contributed by atoms with Gasteiger partial charge in [-0.3, -0.25) is 4.79 Å². The molecule has 1 aliphatic heterocycles. The molecule has 29 heavy (non-hydrogen) atoms. The minimum Gasteiger partial charge on any atom is -0.497 e. The third-order valence-electron chi connectivity index (χ3n) is 4.20. The van der Waals surface area contributed by atoms with Crippen LogP contribution in [0.5, 0.6) is 17.2 Å². The topological polar surface area (TPSA) is 44.8 Å². The third kappa shape index (κ3) is 5.40. The number of benzene rings is 2. The first-order valence-corrected chi connectivity index (χ1v) is 11.4. The molecule has 0 fully saturated rings. The van der Waals surface area contributed by atoms with Crippen molar-refractivity contribution >= 4 is 41.0 Å². The van der Waals surface area contributed by atoms with Gasteiger partial charge in [0.05, 0.1) is 11.3 Å². The van der Waals surface area contributed by atoms with Crippen molar-refractivity contribution in [2.45, 2.75) is 13.8 Å². The van der Waals surface area contributed by atoms with Crippen LogP contribution in [-0.4, -0.2) is 31.2 Å². The van der Waals surface area contributed by atoms with Crippen molar-refractivity contribution in [3.63, 3.8) is 0 Å². The molecule has 0 N–H and O–H groups in total. The van der Waals surface area contributed by atoms with E-state index >= 15 is 0 Å². The predicted octanol–water partition coefficient (Wildman–Crippen LogP) is 5.88. The molecule has 0 atom stereocenters. The van der Waals surface area contributed by atoms with Crippen molar-refractivity contribution in [1.82, 2.24) is 0 Å². The van der Waals surface area contributed by atoms with Gasteiger partial charge in [-0.25, -0.2) is 0 Å². The van der Waals surface area contributed by atoms with Gasteiger partial charge >= 0.3 is 0 Å². The zero-order valence-electron chi connectivity index (χ0n) is 16.8. The minimum atomic E-state index is -0.0234. The summed E-state index contributed by atoms with van der Waals surface area (Å²) in [4.78, 5) is 13.2. The number of ketones is 1. The van der Waals surface area contributed by atoms with Gasteiger partial charge in [-0.15, -0.1) is 23.5 Å². The zero-order valence-corrected chi connectivity index (χ0v) is 18.4. The van der Waals surface area contributed by atoms with Crippen molar-refractivity contribution in [2.24, 2.45) is 0 Å². The van der Waals surface area contributed by atoms with Crippen molar-refractivity contribution in [3.05, 3.63) is 63.9 Å². The summed E-state index contributed by atoms with van der Waals surface area (Å²) in [6.07, 6.45) is 3.45. The summed E-state index contributed by atoms with van der Waals surface area (Å²) in [6, 6.07) is 13.3. The average Bonchev–Trinajstić information content (AvgIpc) is 3.21. The van der Waals surface area contributed by atoms with Crippen LogP contribution in [0, 0.1) is 0 Å². The molecule has 0 spiro atoms. The first-order chi connectivity index (χ1) is 14.2. The number of thioether (sulfide) groups is 2. The number of fused-ring (bicyclic) bond motifs is 1.